The van der Waals surface area contributed by atoms with Crippen LogP contribution in [0.25, 0.3) is 11.0 Å². The average molecular weight is 247 g/mol. The van der Waals surface area contributed by atoms with Gasteiger partial charge in [0.1, 0.15) is 5.82 Å². The summed E-state index contributed by atoms with van der Waals surface area (Å²) in [4.78, 5) is 4.67. The van der Waals surface area contributed by atoms with Crippen LogP contribution in [-0.4, -0.2) is 33.9 Å². The van der Waals surface area contributed by atoms with Crippen LogP contribution in [-0.2, 0) is 13.0 Å². The van der Waals surface area contributed by atoms with Gasteiger partial charge in [0.2, 0.25) is 0 Å². The molecule has 1 aromatic carbocycles. The predicted molar refractivity (Wildman–Crippen MR) is 73.7 cm³/mol. The minimum absolute atomic E-state index is 0.142. The van der Waals surface area contributed by atoms with Gasteiger partial charge in [-0.3, -0.25) is 0 Å². The van der Waals surface area contributed by atoms with Gasteiger partial charge in [-0.25, -0.2) is 4.98 Å². The fraction of sp³-hybridized carbons (Fsp3) is 0.500. The van der Waals surface area contributed by atoms with Crippen LogP contribution in [0.2, 0.25) is 0 Å². The molecule has 1 atom stereocenters. The zero-order chi connectivity index (χ0) is 13.0. The topological polar surface area (TPSA) is 50.1 Å². The molecule has 0 radical (unpaired) electrons. The minimum Gasteiger partial charge on any atom is -0.395 e. The van der Waals surface area contributed by atoms with Gasteiger partial charge in [-0.2, -0.15) is 0 Å². The third kappa shape index (κ3) is 2.71. The van der Waals surface area contributed by atoms with Crippen molar-refractivity contribution in [2.75, 3.05) is 13.2 Å². The maximum absolute atomic E-state index is 9.20. The van der Waals surface area contributed by atoms with Gasteiger partial charge >= 0.3 is 0 Å². The molecule has 2 N–H and O–H groups in total. The van der Waals surface area contributed by atoms with E-state index in [9.17, 15) is 5.11 Å². The molecule has 0 saturated carbocycles. The number of para-hydroxylation sites is 2. The summed E-state index contributed by atoms with van der Waals surface area (Å²) in [5.41, 5.74) is 2.11. The van der Waals surface area contributed by atoms with Crippen molar-refractivity contribution in [3.05, 3.63) is 30.1 Å². The van der Waals surface area contributed by atoms with Crippen LogP contribution in [0.1, 0.15) is 19.7 Å². The van der Waals surface area contributed by atoms with Crippen molar-refractivity contribution in [3.8, 4) is 0 Å². The molecule has 0 fully saturated rings. The molecule has 0 saturated heterocycles. The summed E-state index contributed by atoms with van der Waals surface area (Å²) in [5.74, 6) is 1.04. The van der Waals surface area contributed by atoms with Crippen LogP contribution in [0.15, 0.2) is 24.3 Å². The maximum atomic E-state index is 9.20. The number of imidazole rings is 1. The first-order valence-electron chi connectivity index (χ1n) is 6.54. The van der Waals surface area contributed by atoms with E-state index >= 15 is 0 Å². The molecule has 0 bridgehead atoms. The van der Waals surface area contributed by atoms with E-state index in [1.165, 1.54) is 0 Å². The number of rotatable bonds is 6. The lowest BCUT2D eigenvalue weighted by molar-refractivity contribution is 0.275. The minimum atomic E-state index is 0.142. The number of nitrogens with one attached hydrogen (secondary N) is 1. The van der Waals surface area contributed by atoms with Gasteiger partial charge in [0.15, 0.2) is 0 Å². The summed E-state index contributed by atoms with van der Waals surface area (Å²) in [6.07, 6.45) is 0.878. The van der Waals surface area contributed by atoms with Crippen molar-refractivity contribution in [3.63, 3.8) is 0 Å². The fourth-order valence-electron chi connectivity index (χ4n) is 2.33. The van der Waals surface area contributed by atoms with E-state index < -0.39 is 0 Å². The Kier molecular flexibility index (Phi) is 4.33. The molecule has 98 valence electrons. The zero-order valence-corrected chi connectivity index (χ0v) is 11.1. The first-order chi connectivity index (χ1) is 8.76. The van der Waals surface area contributed by atoms with E-state index in [-0.39, 0.29) is 6.61 Å². The van der Waals surface area contributed by atoms with Crippen LogP contribution < -0.4 is 5.32 Å². The normalized spacial score (nSPS) is 13.1. The Hall–Kier alpha value is -1.39. The molecule has 0 amide bonds. The van der Waals surface area contributed by atoms with Crippen molar-refractivity contribution in [2.45, 2.75) is 32.9 Å². The lowest BCUT2D eigenvalue weighted by atomic mass is 10.2. The molecule has 1 aromatic heterocycles. The van der Waals surface area contributed by atoms with Crippen molar-refractivity contribution in [2.24, 2.45) is 0 Å². The Morgan fingerprint density at radius 2 is 2.17 bits per heavy atom. The molecule has 2 rings (SSSR count). The number of fused-ring (bicyclic) bond motifs is 1. The Labute approximate surface area is 108 Å². The second-order valence-corrected chi connectivity index (χ2v) is 4.55. The van der Waals surface area contributed by atoms with Gasteiger partial charge in [-0.05, 0) is 25.6 Å². The lowest BCUT2D eigenvalue weighted by Gasteiger charge is -2.13. The number of aliphatic hydroxyl groups is 1. The van der Waals surface area contributed by atoms with E-state index in [0.29, 0.717) is 12.6 Å². The first-order valence-corrected chi connectivity index (χ1v) is 6.54. The molecule has 1 heterocycles. The van der Waals surface area contributed by atoms with Gasteiger partial charge in [-0.1, -0.05) is 19.1 Å². The summed E-state index contributed by atoms with van der Waals surface area (Å²) in [5, 5.41) is 12.6. The molecule has 2 aromatic rings. The van der Waals surface area contributed by atoms with Gasteiger partial charge in [0.25, 0.3) is 0 Å². The number of likely N-dealkylation sites (N-methyl/N-ethyl adjacent to an activating group) is 1. The molecule has 0 spiro atoms. The standard InChI is InChI=1S/C14H21N3O/c1-3-15-11(2)10-14-16-12-6-4-5-7-13(12)17(14)8-9-18/h4-7,11,15,18H,3,8-10H2,1-2H3. The molecular formula is C14H21N3O. The van der Waals surface area contributed by atoms with Gasteiger partial charge in [0, 0.05) is 19.0 Å². The number of nitrogens with zero attached hydrogens (tertiary/aromatic N) is 2. The summed E-state index contributed by atoms with van der Waals surface area (Å²) >= 11 is 0. The number of benzene rings is 1. The summed E-state index contributed by atoms with van der Waals surface area (Å²) in [6, 6.07) is 8.47. The third-order valence-electron chi connectivity index (χ3n) is 3.10. The quantitative estimate of drug-likeness (QED) is 0.814. The highest BCUT2D eigenvalue weighted by Gasteiger charge is 2.12. The number of hydrogen-bond donors (Lipinski definition) is 2. The smallest absolute Gasteiger partial charge is 0.111 e. The molecule has 4 heteroatoms. The van der Waals surface area contributed by atoms with E-state index in [1.807, 2.05) is 18.2 Å². The number of aromatic nitrogens is 2. The summed E-state index contributed by atoms with van der Waals surface area (Å²) < 4.78 is 2.11. The van der Waals surface area contributed by atoms with Gasteiger partial charge < -0.3 is 15.0 Å². The van der Waals surface area contributed by atoms with Crippen molar-refractivity contribution >= 4 is 11.0 Å². The van der Waals surface area contributed by atoms with Crippen LogP contribution >= 0.6 is 0 Å². The third-order valence-corrected chi connectivity index (χ3v) is 3.10. The second kappa shape index (κ2) is 5.98. The molecular weight excluding hydrogens is 226 g/mol. The predicted octanol–water partition coefficient (Wildman–Crippen LogP) is 1.57. The molecule has 0 aliphatic heterocycles. The SMILES string of the molecule is CCNC(C)Cc1nc2ccccc2n1CCO. The molecule has 0 aliphatic carbocycles. The Morgan fingerprint density at radius 3 is 2.89 bits per heavy atom. The van der Waals surface area contributed by atoms with E-state index in [1.54, 1.807) is 0 Å². The highest BCUT2D eigenvalue weighted by molar-refractivity contribution is 5.75. The number of hydrogen-bond acceptors (Lipinski definition) is 3. The van der Waals surface area contributed by atoms with Gasteiger partial charge in [-0.15, -0.1) is 0 Å². The Balaban J connectivity index is 2.33. The van der Waals surface area contributed by atoms with E-state index in [0.717, 1.165) is 29.8 Å². The first kappa shape index (κ1) is 13.1. The Bertz CT molecular complexity index is 507. The molecule has 4 nitrogen and oxygen atoms in total. The number of aliphatic hydroxyl groups excluding tert-OH is 1. The summed E-state index contributed by atoms with van der Waals surface area (Å²) in [6.45, 7) is 5.97. The lowest BCUT2D eigenvalue weighted by Crippen LogP contribution is -2.29. The molecule has 0 aliphatic rings. The molecule has 1 unspecified atom stereocenters. The fourth-order valence-corrected chi connectivity index (χ4v) is 2.33. The van der Waals surface area contributed by atoms with Crippen LogP contribution in [0, 0.1) is 0 Å². The molecule has 18 heavy (non-hydrogen) atoms. The average Bonchev–Trinajstić information content (AvgIpc) is 2.68. The summed E-state index contributed by atoms with van der Waals surface area (Å²) in [7, 11) is 0. The van der Waals surface area contributed by atoms with Gasteiger partial charge in [0.05, 0.1) is 17.6 Å². The van der Waals surface area contributed by atoms with Crippen LogP contribution in [0.4, 0.5) is 0 Å². The van der Waals surface area contributed by atoms with E-state index in [2.05, 4.69) is 34.8 Å². The van der Waals surface area contributed by atoms with Crippen LogP contribution in [0.5, 0.6) is 0 Å². The monoisotopic (exact) mass is 247 g/mol. The Morgan fingerprint density at radius 1 is 1.39 bits per heavy atom. The van der Waals surface area contributed by atoms with E-state index in [4.69, 9.17) is 0 Å². The van der Waals surface area contributed by atoms with Crippen molar-refractivity contribution in [1.29, 1.82) is 0 Å². The largest absolute Gasteiger partial charge is 0.395 e. The zero-order valence-electron chi connectivity index (χ0n) is 11.1. The highest BCUT2D eigenvalue weighted by atomic mass is 16.3. The highest BCUT2D eigenvalue weighted by Crippen LogP contribution is 2.16. The maximum Gasteiger partial charge on any atom is 0.111 e. The van der Waals surface area contributed by atoms with Crippen molar-refractivity contribution in [1.82, 2.24) is 14.9 Å². The second-order valence-electron chi connectivity index (χ2n) is 4.55. The van der Waals surface area contributed by atoms with Crippen LogP contribution in [0.3, 0.4) is 0 Å². The van der Waals surface area contributed by atoms with Crippen molar-refractivity contribution < 1.29 is 5.11 Å².